The molecular weight excluding hydrogens is 290 g/mol. The third-order valence-electron chi connectivity index (χ3n) is 3.41. The molecule has 21 heavy (non-hydrogen) atoms. The van der Waals surface area contributed by atoms with Crippen LogP contribution in [-0.4, -0.2) is 49.1 Å². The largest absolute Gasteiger partial charge is 0.379 e. The van der Waals surface area contributed by atoms with E-state index in [9.17, 15) is 4.79 Å². The molecule has 0 spiro atoms. The fourth-order valence-corrected chi connectivity index (χ4v) is 2.11. The number of pyridine rings is 1. The standard InChI is InChI=1S/C15H22ClN3O2/c1-3-17-14-8-12(13(16)9-18-14)15(20)19(2)6-7-21-10-11-4-5-11/h8-9,11H,3-7,10H2,1-2H3,(H,17,18). The average molecular weight is 312 g/mol. The Morgan fingerprint density at radius 3 is 3.00 bits per heavy atom. The van der Waals surface area contributed by atoms with Crippen molar-refractivity contribution in [3.05, 3.63) is 22.8 Å². The minimum Gasteiger partial charge on any atom is -0.379 e. The highest BCUT2D eigenvalue weighted by atomic mass is 35.5. The van der Waals surface area contributed by atoms with Crippen LogP contribution in [0.25, 0.3) is 0 Å². The van der Waals surface area contributed by atoms with Crippen molar-refractivity contribution in [2.75, 3.05) is 38.7 Å². The Kier molecular flexibility index (Phi) is 5.82. The summed E-state index contributed by atoms with van der Waals surface area (Å²) >= 11 is 6.08. The number of amides is 1. The highest BCUT2D eigenvalue weighted by Gasteiger charge is 2.21. The topological polar surface area (TPSA) is 54.5 Å². The van der Waals surface area contributed by atoms with Gasteiger partial charge in [0.1, 0.15) is 5.82 Å². The van der Waals surface area contributed by atoms with E-state index in [1.54, 1.807) is 18.0 Å². The van der Waals surface area contributed by atoms with Crippen LogP contribution in [-0.2, 0) is 4.74 Å². The number of carbonyl (C=O) groups excluding carboxylic acids is 1. The van der Waals surface area contributed by atoms with E-state index in [1.807, 2.05) is 6.92 Å². The molecule has 1 aliphatic rings. The van der Waals surface area contributed by atoms with Gasteiger partial charge in [-0.15, -0.1) is 0 Å². The summed E-state index contributed by atoms with van der Waals surface area (Å²) in [6.07, 6.45) is 4.05. The van der Waals surface area contributed by atoms with Crippen LogP contribution >= 0.6 is 11.6 Å². The lowest BCUT2D eigenvalue weighted by Gasteiger charge is -2.18. The summed E-state index contributed by atoms with van der Waals surface area (Å²) in [4.78, 5) is 18.2. The van der Waals surface area contributed by atoms with E-state index in [4.69, 9.17) is 16.3 Å². The Morgan fingerprint density at radius 2 is 2.33 bits per heavy atom. The van der Waals surface area contributed by atoms with Gasteiger partial charge in [0, 0.05) is 32.9 Å². The first-order valence-electron chi connectivity index (χ1n) is 7.34. The third-order valence-corrected chi connectivity index (χ3v) is 3.71. The molecule has 116 valence electrons. The first-order valence-corrected chi connectivity index (χ1v) is 7.72. The van der Waals surface area contributed by atoms with Gasteiger partial charge < -0.3 is 15.0 Å². The van der Waals surface area contributed by atoms with E-state index < -0.39 is 0 Å². The molecule has 5 nitrogen and oxygen atoms in total. The smallest absolute Gasteiger partial charge is 0.255 e. The second kappa shape index (κ2) is 7.61. The van der Waals surface area contributed by atoms with E-state index in [0.29, 0.717) is 29.6 Å². The zero-order chi connectivity index (χ0) is 15.2. The normalized spacial score (nSPS) is 14.0. The van der Waals surface area contributed by atoms with Gasteiger partial charge in [0.15, 0.2) is 0 Å². The number of aromatic nitrogens is 1. The number of ether oxygens (including phenoxy) is 1. The molecule has 1 amide bonds. The molecule has 1 saturated carbocycles. The maximum Gasteiger partial charge on any atom is 0.255 e. The monoisotopic (exact) mass is 311 g/mol. The van der Waals surface area contributed by atoms with Crippen molar-refractivity contribution in [2.45, 2.75) is 19.8 Å². The van der Waals surface area contributed by atoms with Gasteiger partial charge in [-0.2, -0.15) is 0 Å². The van der Waals surface area contributed by atoms with Crippen LogP contribution in [0, 0.1) is 5.92 Å². The lowest BCUT2D eigenvalue weighted by molar-refractivity contribution is 0.0681. The second-order valence-electron chi connectivity index (χ2n) is 5.32. The molecular formula is C15H22ClN3O2. The highest BCUT2D eigenvalue weighted by molar-refractivity contribution is 6.33. The molecule has 0 aromatic carbocycles. The molecule has 1 aromatic rings. The second-order valence-corrected chi connectivity index (χ2v) is 5.73. The lowest BCUT2D eigenvalue weighted by Crippen LogP contribution is -2.30. The Morgan fingerprint density at radius 1 is 1.57 bits per heavy atom. The summed E-state index contributed by atoms with van der Waals surface area (Å²) in [7, 11) is 1.76. The van der Waals surface area contributed by atoms with Crippen molar-refractivity contribution in [1.82, 2.24) is 9.88 Å². The van der Waals surface area contributed by atoms with Crippen molar-refractivity contribution >= 4 is 23.3 Å². The van der Waals surface area contributed by atoms with Gasteiger partial charge in [-0.3, -0.25) is 4.79 Å². The first kappa shape index (κ1) is 16.0. The number of nitrogens with zero attached hydrogens (tertiary/aromatic N) is 2. The summed E-state index contributed by atoms with van der Waals surface area (Å²) in [6, 6.07) is 1.69. The van der Waals surface area contributed by atoms with E-state index in [-0.39, 0.29) is 5.91 Å². The van der Waals surface area contributed by atoms with Gasteiger partial charge >= 0.3 is 0 Å². The lowest BCUT2D eigenvalue weighted by atomic mass is 10.2. The molecule has 2 rings (SSSR count). The molecule has 0 radical (unpaired) electrons. The minimum atomic E-state index is -0.114. The van der Waals surface area contributed by atoms with Crippen LogP contribution in [0.5, 0.6) is 0 Å². The Hall–Kier alpha value is -1.33. The number of anilines is 1. The number of hydrogen-bond acceptors (Lipinski definition) is 4. The van der Waals surface area contributed by atoms with Gasteiger partial charge in [-0.05, 0) is 31.7 Å². The third kappa shape index (κ3) is 4.86. The Bertz CT molecular complexity index is 492. The van der Waals surface area contributed by atoms with Gasteiger partial charge in [0.2, 0.25) is 0 Å². The molecule has 0 bridgehead atoms. The van der Waals surface area contributed by atoms with Gasteiger partial charge in [-0.1, -0.05) is 11.6 Å². The molecule has 1 heterocycles. The zero-order valence-corrected chi connectivity index (χ0v) is 13.3. The maximum absolute atomic E-state index is 12.4. The summed E-state index contributed by atoms with van der Waals surface area (Å²) in [5.74, 6) is 1.28. The van der Waals surface area contributed by atoms with E-state index in [0.717, 1.165) is 19.1 Å². The number of nitrogens with one attached hydrogen (secondary N) is 1. The molecule has 0 saturated heterocycles. The predicted molar refractivity (Wildman–Crippen MR) is 83.9 cm³/mol. The van der Waals surface area contributed by atoms with Crippen LogP contribution in [0.3, 0.4) is 0 Å². The van der Waals surface area contributed by atoms with Gasteiger partial charge in [-0.25, -0.2) is 4.98 Å². The van der Waals surface area contributed by atoms with Crippen molar-refractivity contribution in [3.63, 3.8) is 0 Å². The quantitative estimate of drug-likeness (QED) is 0.750. The van der Waals surface area contributed by atoms with Crippen molar-refractivity contribution in [2.24, 2.45) is 5.92 Å². The van der Waals surface area contributed by atoms with Gasteiger partial charge in [0.25, 0.3) is 5.91 Å². The predicted octanol–water partition coefficient (Wildman–Crippen LogP) is 2.67. The van der Waals surface area contributed by atoms with Crippen LogP contribution in [0.1, 0.15) is 30.1 Å². The Balaban J connectivity index is 1.88. The molecule has 0 aliphatic heterocycles. The fourth-order valence-electron chi connectivity index (χ4n) is 1.92. The zero-order valence-electron chi connectivity index (χ0n) is 12.6. The van der Waals surface area contributed by atoms with Crippen LogP contribution in [0.4, 0.5) is 5.82 Å². The van der Waals surface area contributed by atoms with Crippen molar-refractivity contribution in [3.8, 4) is 0 Å². The molecule has 6 heteroatoms. The number of rotatable bonds is 8. The molecule has 0 unspecified atom stereocenters. The van der Waals surface area contributed by atoms with E-state index >= 15 is 0 Å². The van der Waals surface area contributed by atoms with E-state index in [1.165, 1.54) is 19.0 Å². The summed E-state index contributed by atoms with van der Waals surface area (Å²) < 4.78 is 5.56. The first-order chi connectivity index (χ1) is 10.1. The van der Waals surface area contributed by atoms with Crippen LogP contribution in [0.15, 0.2) is 12.3 Å². The molecule has 1 fully saturated rings. The molecule has 1 aromatic heterocycles. The molecule has 0 atom stereocenters. The molecule has 1 N–H and O–H groups in total. The van der Waals surface area contributed by atoms with Crippen LogP contribution < -0.4 is 5.32 Å². The summed E-state index contributed by atoms with van der Waals surface area (Å²) in [5, 5.41) is 3.44. The maximum atomic E-state index is 12.4. The Labute approximate surface area is 130 Å². The highest BCUT2D eigenvalue weighted by Crippen LogP contribution is 2.28. The fraction of sp³-hybridized carbons (Fsp3) is 0.600. The van der Waals surface area contributed by atoms with Crippen LogP contribution in [0.2, 0.25) is 5.02 Å². The summed E-state index contributed by atoms with van der Waals surface area (Å²) in [6.45, 7) is 4.64. The SMILES string of the molecule is CCNc1cc(C(=O)N(C)CCOCC2CC2)c(Cl)cn1. The average Bonchev–Trinajstić information content (AvgIpc) is 3.29. The number of likely N-dealkylation sites (N-methyl/N-ethyl adjacent to an activating group) is 1. The van der Waals surface area contributed by atoms with Crippen molar-refractivity contribution < 1.29 is 9.53 Å². The molecule has 1 aliphatic carbocycles. The van der Waals surface area contributed by atoms with Gasteiger partial charge in [0.05, 0.1) is 17.2 Å². The summed E-state index contributed by atoms with van der Waals surface area (Å²) in [5.41, 5.74) is 0.465. The minimum absolute atomic E-state index is 0.114. The van der Waals surface area contributed by atoms with Crippen molar-refractivity contribution in [1.29, 1.82) is 0 Å². The number of halogens is 1. The number of hydrogen-bond donors (Lipinski definition) is 1. The van der Waals surface area contributed by atoms with E-state index in [2.05, 4.69) is 10.3 Å². The number of carbonyl (C=O) groups is 1.